The second-order valence-corrected chi connectivity index (χ2v) is 13.7. The molecule has 146 valence electrons. The summed E-state index contributed by atoms with van der Waals surface area (Å²) in [6.07, 6.45) is 1.09. The summed E-state index contributed by atoms with van der Waals surface area (Å²) in [5, 5.41) is 0.282. The number of benzene rings is 1. The van der Waals surface area contributed by atoms with Crippen LogP contribution in [0, 0.1) is 0 Å². The van der Waals surface area contributed by atoms with Crippen LogP contribution in [0.4, 0.5) is 0 Å². The number of rotatable bonds is 8. The molecule has 0 unspecified atom stereocenters. The van der Waals surface area contributed by atoms with Gasteiger partial charge in [-0.15, -0.1) is 0 Å². The molecule has 0 bridgehead atoms. The Kier molecular flexibility index (Phi) is 7.59. The molecule has 1 heterocycles. The zero-order valence-electron chi connectivity index (χ0n) is 17.3. The minimum atomic E-state index is -1.62. The Labute approximate surface area is 160 Å². The molecule has 1 aromatic carbocycles. The zero-order valence-corrected chi connectivity index (χ0v) is 18.3. The highest BCUT2D eigenvalue weighted by molar-refractivity contribution is 6.74. The summed E-state index contributed by atoms with van der Waals surface area (Å²) in [7, 11) is -1.62. The van der Waals surface area contributed by atoms with E-state index in [-0.39, 0.29) is 10.8 Å². The van der Waals surface area contributed by atoms with E-state index in [1.165, 1.54) is 0 Å². The third kappa shape index (κ3) is 6.30. The Balaban J connectivity index is 1.64. The van der Waals surface area contributed by atoms with Crippen LogP contribution in [0.2, 0.25) is 18.1 Å². The summed E-state index contributed by atoms with van der Waals surface area (Å²) in [5.74, 6) is 0.224. The van der Waals surface area contributed by atoms with E-state index in [2.05, 4.69) is 43.7 Å². The molecular weight excluding hydrogens is 340 g/mol. The van der Waals surface area contributed by atoms with Gasteiger partial charge in [0, 0.05) is 44.9 Å². The zero-order chi connectivity index (χ0) is 19.2. The first-order chi connectivity index (χ1) is 12.2. The average molecular weight is 377 g/mol. The lowest BCUT2D eigenvalue weighted by Crippen LogP contribution is -2.48. The van der Waals surface area contributed by atoms with E-state index in [1.54, 1.807) is 0 Å². The molecule has 1 aliphatic heterocycles. The fourth-order valence-electron chi connectivity index (χ4n) is 2.92. The van der Waals surface area contributed by atoms with Gasteiger partial charge in [-0.1, -0.05) is 51.1 Å². The molecular formula is C21H36N2O2Si. The maximum Gasteiger partial charge on any atom is 0.191 e. The quantitative estimate of drug-likeness (QED) is 0.391. The Hall–Kier alpha value is -1.01. The minimum absolute atomic E-state index is 0.224. The van der Waals surface area contributed by atoms with Gasteiger partial charge >= 0.3 is 0 Å². The van der Waals surface area contributed by atoms with Crippen molar-refractivity contribution in [2.45, 2.75) is 45.3 Å². The summed E-state index contributed by atoms with van der Waals surface area (Å²) in [6.45, 7) is 18.0. The lowest BCUT2D eigenvalue weighted by Gasteiger charge is -2.37. The largest absolute Gasteiger partial charge is 0.417 e. The first kappa shape index (κ1) is 21.3. The van der Waals surface area contributed by atoms with Crippen LogP contribution >= 0.6 is 0 Å². The van der Waals surface area contributed by atoms with E-state index in [0.717, 1.165) is 51.3 Å². The molecule has 0 aliphatic carbocycles. The Morgan fingerprint density at radius 1 is 1.04 bits per heavy atom. The third-order valence-corrected chi connectivity index (χ3v) is 10.4. The summed E-state index contributed by atoms with van der Waals surface area (Å²) >= 11 is 0. The molecule has 0 aromatic heterocycles. The number of carbonyl (C=O) groups is 1. The van der Waals surface area contributed by atoms with E-state index in [9.17, 15) is 4.79 Å². The fourth-order valence-corrected chi connectivity index (χ4v) is 4.01. The van der Waals surface area contributed by atoms with Crippen molar-refractivity contribution < 1.29 is 9.22 Å². The molecule has 0 radical (unpaired) electrons. The molecule has 0 saturated carbocycles. The topological polar surface area (TPSA) is 32.8 Å². The normalized spacial score (nSPS) is 17.4. The molecule has 26 heavy (non-hydrogen) atoms. The number of hydrogen-bond acceptors (Lipinski definition) is 4. The highest BCUT2D eigenvalue weighted by Gasteiger charge is 2.36. The van der Waals surface area contributed by atoms with Gasteiger partial charge in [0.05, 0.1) is 6.54 Å². The smallest absolute Gasteiger partial charge is 0.191 e. The van der Waals surface area contributed by atoms with Gasteiger partial charge in [0.1, 0.15) is 0 Å². The van der Waals surface area contributed by atoms with Gasteiger partial charge in [0.15, 0.2) is 14.1 Å². The predicted octanol–water partition coefficient (Wildman–Crippen LogP) is 3.90. The summed E-state index contributed by atoms with van der Waals surface area (Å²) in [6, 6.07) is 9.61. The highest BCUT2D eigenvalue weighted by Crippen LogP contribution is 2.36. The van der Waals surface area contributed by atoms with Crippen molar-refractivity contribution in [2.75, 3.05) is 45.9 Å². The highest BCUT2D eigenvalue weighted by atomic mass is 28.4. The monoisotopic (exact) mass is 376 g/mol. The van der Waals surface area contributed by atoms with Crippen molar-refractivity contribution >= 4 is 14.1 Å². The fraction of sp³-hybridized carbons (Fsp3) is 0.667. The Bertz CT molecular complexity index is 561. The van der Waals surface area contributed by atoms with Gasteiger partial charge in [-0.25, -0.2) is 0 Å². The van der Waals surface area contributed by atoms with Crippen LogP contribution in [0.3, 0.4) is 0 Å². The first-order valence-electron chi connectivity index (χ1n) is 9.86. The van der Waals surface area contributed by atoms with Crippen LogP contribution in [0.25, 0.3) is 0 Å². The summed E-state index contributed by atoms with van der Waals surface area (Å²) in [5.41, 5.74) is 0.817. The maximum atomic E-state index is 12.3. The van der Waals surface area contributed by atoms with Crippen LogP contribution in [-0.2, 0) is 4.43 Å². The van der Waals surface area contributed by atoms with Gasteiger partial charge in [-0.2, -0.15) is 0 Å². The second kappa shape index (κ2) is 9.26. The maximum absolute atomic E-state index is 12.3. The molecule has 1 aliphatic rings. The predicted molar refractivity (Wildman–Crippen MR) is 111 cm³/mol. The van der Waals surface area contributed by atoms with Crippen LogP contribution in [0.15, 0.2) is 30.3 Å². The minimum Gasteiger partial charge on any atom is -0.417 e. The molecule has 0 atom stereocenters. The van der Waals surface area contributed by atoms with Gasteiger partial charge < -0.3 is 9.33 Å². The molecule has 4 nitrogen and oxygen atoms in total. The SMILES string of the molecule is CC(C)(C)[Si](C)(C)OCCCN1CCN(CC(=O)c2ccccc2)CC1. The van der Waals surface area contributed by atoms with E-state index in [4.69, 9.17) is 4.43 Å². The van der Waals surface area contributed by atoms with E-state index in [1.807, 2.05) is 30.3 Å². The van der Waals surface area contributed by atoms with Gasteiger partial charge in [-0.3, -0.25) is 9.69 Å². The summed E-state index contributed by atoms with van der Waals surface area (Å²) in [4.78, 5) is 17.1. The molecule has 1 saturated heterocycles. The molecule has 0 amide bonds. The van der Waals surface area contributed by atoms with E-state index in [0.29, 0.717) is 6.54 Å². The Morgan fingerprint density at radius 2 is 1.62 bits per heavy atom. The number of carbonyl (C=O) groups excluding carboxylic acids is 1. The second-order valence-electron chi connectivity index (χ2n) is 8.87. The molecule has 0 N–H and O–H groups in total. The lowest BCUT2D eigenvalue weighted by atomic mass is 10.1. The number of piperazine rings is 1. The molecule has 1 fully saturated rings. The van der Waals surface area contributed by atoms with Crippen molar-refractivity contribution in [2.24, 2.45) is 0 Å². The van der Waals surface area contributed by atoms with Crippen molar-refractivity contribution in [1.82, 2.24) is 9.80 Å². The average Bonchev–Trinajstić information content (AvgIpc) is 2.60. The van der Waals surface area contributed by atoms with Crippen molar-refractivity contribution in [3.8, 4) is 0 Å². The van der Waals surface area contributed by atoms with Crippen LogP contribution < -0.4 is 0 Å². The number of hydrogen-bond donors (Lipinski definition) is 0. The number of nitrogens with zero attached hydrogens (tertiary/aromatic N) is 2. The Morgan fingerprint density at radius 3 is 2.19 bits per heavy atom. The van der Waals surface area contributed by atoms with Crippen molar-refractivity contribution in [3.05, 3.63) is 35.9 Å². The molecule has 2 rings (SSSR count). The van der Waals surface area contributed by atoms with Gasteiger partial charge in [0.2, 0.25) is 0 Å². The third-order valence-electron chi connectivity index (χ3n) is 5.82. The number of ketones is 1. The molecule has 0 spiro atoms. The summed E-state index contributed by atoms with van der Waals surface area (Å²) < 4.78 is 6.26. The van der Waals surface area contributed by atoms with Crippen molar-refractivity contribution in [3.63, 3.8) is 0 Å². The van der Waals surface area contributed by atoms with E-state index >= 15 is 0 Å². The first-order valence-corrected chi connectivity index (χ1v) is 12.8. The molecule has 5 heteroatoms. The van der Waals surface area contributed by atoms with Crippen LogP contribution in [-0.4, -0.2) is 69.8 Å². The van der Waals surface area contributed by atoms with Crippen molar-refractivity contribution in [1.29, 1.82) is 0 Å². The standard InChI is InChI=1S/C21H36N2O2Si/c1-21(2,3)26(4,5)25-17-9-12-22-13-15-23(16-14-22)18-20(24)19-10-7-6-8-11-19/h6-8,10-11H,9,12-18H2,1-5H3. The van der Waals surface area contributed by atoms with Gasteiger partial charge in [-0.05, 0) is 24.6 Å². The molecule has 1 aromatic rings. The van der Waals surface area contributed by atoms with E-state index < -0.39 is 8.32 Å². The number of Topliss-reactive ketones (excluding diaryl/α,β-unsaturated/α-hetero) is 1. The van der Waals surface area contributed by atoms with Crippen LogP contribution in [0.5, 0.6) is 0 Å². The lowest BCUT2D eigenvalue weighted by molar-refractivity contribution is 0.0845. The van der Waals surface area contributed by atoms with Crippen LogP contribution in [0.1, 0.15) is 37.6 Å². The van der Waals surface area contributed by atoms with Gasteiger partial charge in [0.25, 0.3) is 0 Å².